The number of aromatic nitrogens is 1. The minimum atomic E-state index is -5.29. The Kier molecular flexibility index (Phi) is 9.42. The molecule has 13 heteroatoms. The van der Waals surface area contributed by atoms with Crippen molar-refractivity contribution >= 4 is 35.2 Å². The molecule has 0 aliphatic carbocycles. The maximum Gasteiger partial charge on any atom is 0.490 e. The Morgan fingerprint density at radius 2 is 1.68 bits per heavy atom. The Morgan fingerprint density at radius 3 is 2.22 bits per heavy atom. The lowest BCUT2D eigenvalue weighted by Crippen LogP contribution is -2.48. The molecule has 0 radical (unpaired) electrons. The van der Waals surface area contributed by atoms with Gasteiger partial charge in [-0.1, -0.05) is 33.8 Å². The van der Waals surface area contributed by atoms with Gasteiger partial charge in [0.05, 0.1) is 5.69 Å². The van der Waals surface area contributed by atoms with E-state index in [1.165, 1.54) is 15.9 Å². The van der Waals surface area contributed by atoms with Crippen molar-refractivity contribution in [2.75, 3.05) is 23.3 Å². The first-order valence-electron chi connectivity index (χ1n) is 13.1. The van der Waals surface area contributed by atoms with Gasteiger partial charge in [0.25, 0.3) is 11.8 Å². The number of esters is 1. The molecule has 1 aromatic carbocycles. The van der Waals surface area contributed by atoms with Crippen molar-refractivity contribution in [3.8, 4) is 0 Å². The van der Waals surface area contributed by atoms with Crippen LogP contribution in [-0.4, -0.2) is 69.6 Å². The third-order valence-corrected chi connectivity index (χ3v) is 6.91. The second-order valence-corrected chi connectivity index (χ2v) is 10.3. The van der Waals surface area contributed by atoms with Gasteiger partial charge in [-0.25, -0.2) is 14.5 Å². The molecule has 2 aromatic rings. The molecule has 1 unspecified atom stereocenters. The van der Waals surface area contributed by atoms with E-state index in [2.05, 4.69) is 15.0 Å². The number of benzene rings is 1. The van der Waals surface area contributed by atoms with E-state index in [0.29, 0.717) is 5.56 Å². The van der Waals surface area contributed by atoms with Gasteiger partial charge in [-0.2, -0.15) is 13.2 Å². The molecule has 4 amide bonds. The number of nitrogens with zero attached hydrogens (tertiary/aromatic N) is 4. The number of rotatable bonds is 10. The molecule has 0 bridgehead atoms. The van der Waals surface area contributed by atoms with Crippen LogP contribution >= 0.6 is 0 Å². The van der Waals surface area contributed by atoms with E-state index >= 15 is 0 Å². The van der Waals surface area contributed by atoms with Crippen LogP contribution in [0.2, 0.25) is 0 Å². The minimum absolute atomic E-state index is 0.121. The predicted octanol–water partition coefficient (Wildman–Crippen LogP) is 4.66. The number of halogens is 3. The summed E-state index contributed by atoms with van der Waals surface area (Å²) in [7, 11) is 0. The van der Waals surface area contributed by atoms with Crippen molar-refractivity contribution in [1.29, 1.82) is 0 Å². The first-order valence-corrected chi connectivity index (χ1v) is 13.1. The van der Waals surface area contributed by atoms with Gasteiger partial charge in [-0.15, -0.1) is 0 Å². The molecule has 1 N–H and O–H groups in total. The van der Waals surface area contributed by atoms with Gasteiger partial charge in [0.1, 0.15) is 5.54 Å². The van der Waals surface area contributed by atoms with Gasteiger partial charge >= 0.3 is 18.2 Å². The zero-order valence-corrected chi connectivity index (χ0v) is 23.8. The standard InChI is InChI=1S/C28H34F3N5O5/c1-7-34(8-2)23(41-25(39)28(29,30)31)22(37)33-21-15-19(9-10-20(21)17(3)4)36-24(38)27(5,6)35(26(36)40)16-18-11-13-32-14-12-18/h9-15,17,23H,7-8,16H2,1-6H3,(H,33,37). The molecule has 10 nitrogen and oxygen atoms in total. The number of anilines is 2. The van der Waals surface area contributed by atoms with Crippen LogP contribution in [0.15, 0.2) is 42.7 Å². The molecule has 2 heterocycles. The van der Waals surface area contributed by atoms with Crippen LogP contribution in [-0.2, 0) is 25.7 Å². The summed E-state index contributed by atoms with van der Waals surface area (Å²) >= 11 is 0. The fraction of sp³-hybridized carbons (Fsp3) is 0.464. The van der Waals surface area contributed by atoms with E-state index in [0.717, 1.165) is 10.5 Å². The first kappa shape index (κ1) is 31.5. The van der Waals surface area contributed by atoms with Crippen molar-refractivity contribution in [2.45, 2.75) is 71.9 Å². The molecule has 1 aliphatic rings. The lowest BCUT2D eigenvalue weighted by Gasteiger charge is -2.29. The maximum absolute atomic E-state index is 13.5. The summed E-state index contributed by atoms with van der Waals surface area (Å²) in [4.78, 5) is 59.6. The second-order valence-electron chi connectivity index (χ2n) is 10.3. The fourth-order valence-electron chi connectivity index (χ4n) is 4.51. The van der Waals surface area contributed by atoms with Gasteiger partial charge in [0.15, 0.2) is 0 Å². The highest BCUT2D eigenvalue weighted by Crippen LogP contribution is 2.36. The Hall–Kier alpha value is -4.00. The number of hydrogen-bond donors (Lipinski definition) is 1. The summed E-state index contributed by atoms with van der Waals surface area (Å²) < 4.78 is 43.5. The monoisotopic (exact) mass is 577 g/mol. The van der Waals surface area contributed by atoms with Crippen LogP contribution in [0.25, 0.3) is 0 Å². The third-order valence-electron chi connectivity index (χ3n) is 6.91. The molecule has 1 fully saturated rings. The number of pyridine rings is 1. The fourth-order valence-corrected chi connectivity index (χ4v) is 4.51. The van der Waals surface area contributed by atoms with Gasteiger partial charge in [-0.3, -0.25) is 19.5 Å². The first-order chi connectivity index (χ1) is 19.1. The molecule has 1 aromatic heterocycles. The van der Waals surface area contributed by atoms with Crippen LogP contribution in [0.5, 0.6) is 0 Å². The molecule has 41 heavy (non-hydrogen) atoms. The zero-order valence-electron chi connectivity index (χ0n) is 23.8. The van der Waals surface area contributed by atoms with Gasteiger partial charge in [-0.05, 0) is 68.2 Å². The molecular formula is C28H34F3N5O5. The average molecular weight is 578 g/mol. The highest BCUT2D eigenvalue weighted by atomic mass is 19.4. The highest BCUT2D eigenvalue weighted by Gasteiger charge is 2.52. The van der Waals surface area contributed by atoms with E-state index in [1.807, 2.05) is 13.8 Å². The largest absolute Gasteiger partial charge is 0.490 e. The van der Waals surface area contributed by atoms with E-state index in [1.54, 1.807) is 64.4 Å². The SMILES string of the molecule is CCN(CC)C(OC(=O)C(F)(F)F)C(=O)Nc1cc(N2C(=O)N(Cc3ccncc3)C(C)(C)C2=O)ccc1C(C)C. The zero-order chi connectivity index (χ0) is 30.7. The molecule has 1 aliphatic heterocycles. The number of hydrogen-bond acceptors (Lipinski definition) is 7. The van der Waals surface area contributed by atoms with Crippen molar-refractivity contribution in [1.82, 2.24) is 14.8 Å². The summed E-state index contributed by atoms with van der Waals surface area (Å²) in [6, 6.07) is 7.51. The quantitative estimate of drug-likeness (QED) is 0.248. The Bertz CT molecular complexity index is 1300. The Balaban J connectivity index is 1.98. The van der Waals surface area contributed by atoms with E-state index < -0.39 is 41.8 Å². The number of alkyl halides is 3. The molecule has 0 saturated carbocycles. The van der Waals surface area contributed by atoms with Crippen LogP contribution in [0.1, 0.15) is 58.6 Å². The van der Waals surface area contributed by atoms with E-state index in [4.69, 9.17) is 0 Å². The molecule has 0 spiro atoms. The number of amides is 4. The normalized spacial score (nSPS) is 16.0. The van der Waals surface area contributed by atoms with Crippen LogP contribution in [0.4, 0.5) is 29.3 Å². The molecular weight excluding hydrogens is 543 g/mol. The molecule has 1 saturated heterocycles. The molecule has 1 atom stereocenters. The Labute approximate surface area is 236 Å². The van der Waals surface area contributed by atoms with E-state index in [-0.39, 0.29) is 36.9 Å². The predicted molar refractivity (Wildman–Crippen MR) is 145 cm³/mol. The van der Waals surface area contributed by atoms with Crippen LogP contribution in [0, 0.1) is 0 Å². The van der Waals surface area contributed by atoms with Crippen molar-refractivity contribution in [2.24, 2.45) is 0 Å². The summed E-state index contributed by atoms with van der Waals surface area (Å²) in [5.41, 5.74) is 0.495. The van der Waals surface area contributed by atoms with Gasteiger partial charge in [0.2, 0.25) is 6.23 Å². The summed E-state index contributed by atoms with van der Waals surface area (Å²) in [6.07, 6.45) is -3.99. The van der Waals surface area contributed by atoms with Gasteiger partial charge in [0, 0.05) is 24.6 Å². The number of urea groups is 1. The summed E-state index contributed by atoms with van der Waals surface area (Å²) in [5.74, 6) is -4.16. The van der Waals surface area contributed by atoms with Crippen LogP contribution in [0.3, 0.4) is 0 Å². The number of likely N-dealkylation sites (N-methyl/N-ethyl adjacent to an activating group) is 1. The van der Waals surface area contributed by atoms with Crippen LogP contribution < -0.4 is 10.2 Å². The summed E-state index contributed by atoms with van der Waals surface area (Å²) in [6.45, 7) is 10.5. The number of ether oxygens (including phenoxy) is 1. The minimum Gasteiger partial charge on any atom is -0.430 e. The van der Waals surface area contributed by atoms with E-state index in [9.17, 15) is 32.3 Å². The number of carbonyl (C=O) groups excluding carboxylic acids is 4. The molecule has 222 valence electrons. The molecule has 3 rings (SSSR count). The maximum atomic E-state index is 13.5. The van der Waals surface area contributed by atoms with Gasteiger partial charge < -0.3 is 15.0 Å². The topological polar surface area (TPSA) is 112 Å². The van der Waals surface area contributed by atoms with Crippen molar-refractivity contribution < 1.29 is 37.1 Å². The summed E-state index contributed by atoms with van der Waals surface area (Å²) in [5, 5.41) is 2.57. The number of carbonyl (C=O) groups is 4. The van der Waals surface area contributed by atoms with Crippen molar-refractivity contribution in [3.05, 3.63) is 53.9 Å². The lowest BCUT2D eigenvalue weighted by atomic mass is 9.99. The van der Waals surface area contributed by atoms with Crippen molar-refractivity contribution in [3.63, 3.8) is 0 Å². The Morgan fingerprint density at radius 1 is 1.07 bits per heavy atom. The lowest BCUT2D eigenvalue weighted by molar-refractivity contribution is -0.212. The average Bonchev–Trinajstić information content (AvgIpc) is 3.07. The number of imide groups is 1. The third kappa shape index (κ3) is 6.67. The highest BCUT2D eigenvalue weighted by molar-refractivity contribution is 6.23. The second kappa shape index (κ2) is 12.2. The smallest absolute Gasteiger partial charge is 0.430 e. The number of nitrogens with one attached hydrogen (secondary N) is 1.